The molecule has 0 atom stereocenters. The molecule has 2 aromatic rings. The van der Waals surface area contributed by atoms with Crippen LogP contribution in [0.1, 0.15) is 11.1 Å². The number of sulfonamides is 1. The highest BCUT2D eigenvalue weighted by Gasteiger charge is 2.23. The second kappa shape index (κ2) is 6.27. The molecule has 0 unspecified atom stereocenters. The van der Waals surface area contributed by atoms with Crippen LogP contribution in [0, 0.1) is 6.92 Å². The Kier molecular flexibility index (Phi) is 5.07. The number of hydrogen-bond donors (Lipinski definition) is 0. The number of aryl methyl sites for hydroxylation is 1. The van der Waals surface area contributed by atoms with Crippen molar-refractivity contribution in [2.75, 3.05) is 7.05 Å². The van der Waals surface area contributed by atoms with Crippen molar-refractivity contribution in [3.05, 3.63) is 49.0 Å². The first kappa shape index (κ1) is 16.2. The molecule has 0 N–H and O–H groups in total. The van der Waals surface area contributed by atoms with Crippen molar-refractivity contribution in [1.29, 1.82) is 0 Å². The van der Waals surface area contributed by atoms with Crippen molar-refractivity contribution in [3.8, 4) is 0 Å². The van der Waals surface area contributed by atoms with E-state index in [2.05, 4.69) is 31.9 Å². The zero-order valence-corrected chi connectivity index (χ0v) is 15.7. The van der Waals surface area contributed by atoms with Gasteiger partial charge in [-0.2, -0.15) is 4.31 Å². The fourth-order valence-corrected chi connectivity index (χ4v) is 4.91. The van der Waals surface area contributed by atoms with Gasteiger partial charge in [-0.3, -0.25) is 0 Å². The van der Waals surface area contributed by atoms with E-state index in [0.29, 0.717) is 11.4 Å². The molecule has 0 aliphatic rings. The highest BCUT2D eigenvalue weighted by molar-refractivity contribution is 9.11. The zero-order chi connectivity index (χ0) is 14.9. The van der Waals surface area contributed by atoms with E-state index in [0.717, 1.165) is 19.4 Å². The summed E-state index contributed by atoms with van der Waals surface area (Å²) in [4.78, 5) is 0.337. The maximum atomic E-state index is 12.6. The lowest BCUT2D eigenvalue weighted by molar-refractivity contribution is 0.466. The summed E-state index contributed by atoms with van der Waals surface area (Å²) in [6, 6.07) is 7.21. The van der Waals surface area contributed by atoms with Gasteiger partial charge in [-0.15, -0.1) is 11.3 Å². The highest BCUT2D eigenvalue weighted by atomic mass is 79.9. The van der Waals surface area contributed by atoms with Gasteiger partial charge in [-0.25, -0.2) is 8.42 Å². The summed E-state index contributed by atoms with van der Waals surface area (Å²) < 4.78 is 28.4. The molecule has 0 spiro atoms. The fraction of sp³-hybridized carbons (Fsp3) is 0.231. The van der Waals surface area contributed by atoms with Gasteiger partial charge in [0.2, 0.25) is 10.0 Å². The summed E-state index contributed by atoms with van der Waals surface area (Å²) in [5.74, 6) is 0. The molecule has 2 rings (SSSR count). The van der Waals surface area contributed by atoms with E-state index in [1.165, 1.54) is 4.31 Å². The van der Waals surface area contributed by atoms with Crippen molar-refractivity contribution < 1.29 is 8.42 Å². The average Bonchev–Trinajstić information content (AvgIpc) is 2.77. The third-order valence-corrected chi connectivity index (χ3v) is 6.86. The molecular formula is C13H13Br2NO2S2. The lowest BCUT2D eigenvalue weighted by Gasteiger charge is -2.18. The van der Waals surface area contributed by atoms with Crippen LogP contribution in [-0.2, 0) is 16.6 Å². The van der Waals surface area contributed by atoms with Crippen molar-refractivity contribution in [1.82, 2.24) is 4.31 Å². The third kappa shape index (κ3) is 3.51. The Labute approximate surface area is 139 Å². The molecule has 0 saturated heterocycles. The van der Waals surface area contributed by atoms with Gasteiger partial charge < -0.3 is 0 Å². The monoisotopic (exact) mass is 437 g/mol. The molecule has 108 valence electrons. The molecular weight excluding hydrogens is 426 g/mol. The van der Waals surface area contributed by atoms with E-state index >= 15 is 0 Å². The lowest BCUT2D eigenvalue weighted by Crippen LogP contribution is -2.27. The van der Waals surface area contributed by atoms with E-state index in [-0.39, 0.29) is 0 Å². The minimum Gasteiger partial charge on any atom is -0.207 e. The summed E-state index contributed by atoms with van der Waals surface area (Å²) in [7, 11) is -1.89. The van der Waals surface area contributed by atoms with Crippen LogP contribution in [0.5, 0.6) is 0 Å². The first-order chi connectivity index (χ1) is 9.30. The van der Waals surface area contributed by atoms with Gasteiger partial charge in [0.05, 0.1) is 8.68 Å². The minimum absolute atomic E-state index is 0.337. The van der Waals surface area contributed by atoms with Crippen molar-refractivity contribution in [2.24, 2.45) is 0 Å². The summed E-state index contributed by atoms with van der Waals surface area (Å²) in [6.45, 7) is 2.16. The van der Waals surface area contributed by atoms with Crippen LogP contribution in [-0.4, -0.2) is 19.8 Å². The van der Waals surface area contributed by atoms with Crippen molar-refractivity contribution >= 4 is 53.2 Å². The first-order valence-corrected chi connectivity index (χ1v) is 9.66. The summed E-state index contributed by atoms with van der Waals surface area (Å²) in [6.07, 6.45) is 0. The van der Waals surface area contributed by atoms with Crippen LogP contribution < -0.4 is 0 Å². The Bertz CT molecular complexity index is 726. The van der Waals surface area contributed by atoms with Gasteiger partial charge in [0.15, 0.2) is 0 Å². The van der Waals surface area contributed by atoms with Gasteiger partial charge in [0.25, 0.3) is 0 Å². The van der Waals surface area contributed by atoms with E-state index in [1.807, 2.05) is 17.5 Å². The molecule has 1 aromatic carbocycles. The predicted molar refractivity (Wildman–Crippen MR) is 89.6 cm³/mol. The van der Waals surface area contributed by atoms with Gasteiger partial charge in [0.1, 0.15) is 0 Å². The van der Waals surface area contributed by atoms with Gasteiger partial charge >= 0.3 is 0 Å². The largest absolute Gasteiger partial charge is 0.243 e. The Morgan fingerprint density at radius 2 is 1.95 bits per heavy atom. The van der Waals surface area contributed by atoms with Crippen LogP contribution >= 0.6 is 43.2 Å². The number of hydrogen-bond acceptors (Lipinski definition) is 3. The Morgan fingerprint density at radius 1 is 1.25 bits per heavy atom. The second-order valence-corrected chi connectivity index (χ2v) is 9.65. The van der Waals surface area contributed by atoms with Crippen LogP contribution in [0.25, 0.3) is 0 Å². The minimum atomic E-state index is -3.49. The van der Waals surface area contributed by atoms with Crippen LogP contribution in [0.2, 0.25) is 0 Å². The molecule has 0 amide bonds. The van der Waals surface area contributed by atoms with Crippen LogP contribution in [0.4, 0.5) is 0 Å². The smallest absolute Gasteiger partial charge is 0.207 e. The normalized spacial score (nSPS) is 12.1. The van der Waals surface area contributed by atoms with Crippen molar-refractivity contribution in [2.45, 2.75) is 18.4 Å². The molecule has 1 heterocycles. The second-order valence-electron chi connectivity index (χ2n) is 4.43. The van der Waals surface area contributed by atoms with Crippen LogP contribution in [0.3, 0.4) is 0 Å². The Balaban J connectivity index is 2.32. The Hall–Kier alpha value is -0.210. The zero-order valence-electron chi connectivity index (χ0n) is 10.9. The maximum absolute atomic E-state index is 12.6. The van der Waals surface area contributed by atoms with E-state index in [4.69, 9.17) is 0 Å². The Morgan fingerprint density at radius 3 is 2.55 bits per heavy atom. The molecule has 1 aromatic heterocycles. The molecule has 7 heteroatoms. The van der Waals surface area contributed by atoms with Crippen molar-refractivity contribution in [3.63, 3.8) is 0 Å². The number of nitrogens with zero attached hydrogens (tertiary/aromatic N) is 1. The third-order valence-electron chi connectivity index (χ3n) is 2.87. The number of halogens is 2. The molecule has 0 aliphatic carbocycles. The van der Waals surface area contributed by atoms with E-state index in [1.54, 1.807) is 37.4 Å². The molecule has 0 radical (unpaired) electrons. The lowest BCUT2D eigenvalue weighted by atomic mass is 10.2. The average molecular weight is 439 g/mol. The van der Waals surface area contributed by atoms with Gasteiger partial charge in [-0.05, 0) is 57.6 Å². The molecule has 3 nitrogen and oxygen atoms in total. The number of thiophene rings is 1. The number of benzene rings is 1. The predicted octanol–water partition coefficient (Wildman–Crippen LogP) is 4.40. The number of rotatable bonds is 4. The topological polar surface area (TPSA) is 37.4 Å². The fourth-order valence-electron chi connectivity index (χ4n) is 1.79. The van der Waals surface area contributed by atoms with E-state index < -0.39 is 10.0 Å². The quantitative estimate of drug-likeness (QED) is 0.709. The SMILES string of the molecule is Cc1ccc(Br)cc1S(=O)(=O)N(C)Cc1csc(Br)c1. The summed E-state index contributed by atoms with van der Waals surface area (Å²) in [5.41, 5.74) is 1.71. The highest BCUT2D eigenvalue weighted by Crippen LogP contribution is 2.26. The van der Waals surface area contributed by atoms with Gasteiger partial charge in [-0.1, -0.05) is 22.0 Å². The molecule has 0 bridgehead atoms. The standard InChI is InChI=1S/C13H13Br2NO2S2/c1-9-3-4-11(14)6-12(9)20(17,18)16(2)7-10-5-13(15)19-8-10/h3-6,8H,7H2,1-2H3. The molecule has 0 aliphatic heterocycles. The van der Waals surface area contributed by atoms with Gasteiger partial charge in [0, 0.05) is 18.1 Å². The first-order valence-electron chi connectivity index (χ1n) is 5.76. The summed E-state index contributed by atoms with van der Waals surface area (Å²) >= 11 is 8.25. The molecule has 0 fully saturated rings. The van der Waals surface area contributed by atoms with E-state index in [9.17, 15) is 8.42 Å². The van der Waals surface area contributed by atoms with Crippen LogP contribution in [0.15, 0.2) is 42.8 Å². The molecule has 20 heavy (non-hydrogen) atoms. The summed E-state index contributed by atoms with van der Waals surface area (Å²) in [5, 5.41) is 1.95. The maximum Gasteiger partial charge on any atom is 0.243 e. The molecule has 0 saturated carbocycles.